The van der Waals surface area contributed by atoms with Gasteiger partial charge in [0.25, 0.3) is 0 Å². The van der Waals surface area contributed by atoms with E-state index in [4.69, 9.17) is 10.00 Å². The molecule has 1 fully saturated rings. The van der Waals surface area contributed by atoms with Crippen LogP contribution in [0.15, 0.2) is 36.5 Å². The van der Waals surface area contributed by atoms with Crippen LogP contribution >= 0.6 is 0 Å². The number of rotatable bonds is 4. The van der Waals surface area contributed by atoms with Gasteiger partial charge in [0, 0.05) is 19.3 Å². The van der Waals surface area contributed by atoms with E-state index >= 15 is 0 Å². The molecule has 0 aliphatic carbocycles. The molecule has 1 N–H and O–H groups in total. The number of amides is 1. The van der Waals surface area contributed by atoms with Gasteiger partial charge in [-0.05, 0) is 43.2 Å². The maximum atomic E-state index is 13.3. The van der Waals surface area contributed by atoms with E-state index in [1.165, 1.54) is 30.3 Å². The first-order valence-electron chi connectivity index (χ1n) is 8.99. The number of piperidine rings is 1. The van der Waals surface area contributed by atoms with Gasteiger partial charge in [-0.1, -0.05) is 0 Å². The largest absolute Gasteiger partial charge is 0.495 e. The summed E-state index contributed by atoms with van der Waals surface area (Å²) in [6.07, 6.45) is -2.12. The summed E-state index contributed by atoms with van der Waals surface area (Å²) in [7, 11) is 1.44. The first-order chi connectivity index (χ1) is 13.8. The second-order valence-corrected chi connectivity index (χ2v) is 6.67. The lowest BCUT2D eigenvalue weighted by Crippen LogP contribution is -2.42. The van der Waals surface area contributed by atoms with Gasteiger partial charge in [0.2, 0.25) is 5.91 Å². The fourth-order valence-electron chi connectivity index (χ4n) is 3.36. The molecule has 1 amide bonds. The lowest BCUT2D eigenvalue weighted by Gasteiger charge is -2.34. The molecule has 0 bridgehead atoms. The number of anilines is 2. The van der Waals surface area contributed by atoms with Crippen molar-refractivity contribution in [1.82, 2.24) is 4.98 Å². The number of carbonyl (C=O) groups excluding carboxylic acids is 1. The van der Waals surface area contributed by atoms with Crippen molar-refractivity contribution < 1.29 is 22.7 Å². The summed E-state index contributed by atoms with van der Waals surface area (Å²) < 4.78 is 45.2. The van der Waals surface area contributed by atoms with E-state index < -0.39 is 17.7 Å². The average Bonchev–Trinajstić information content (AvgIpc) is 2.73. The van der Waals surface area contributed by atoms with Gasteiger partial charge in [-0.2, -0.15) is 18.4 Å². The van der Waals surface area contributed by atoms with Crippen LogP contribution in [-0.2, 0) is 11.0 Å². The Bertz CT molecular complexity index is 940. The molecule has 0 spiro atoms. The van der Waals surface area contributed by atoms with E-state index in [-0.39, 0.29) is 18.3 Å². The highest BCUT2D eigenvalue weighted by Gasteiger charge is 2.37. The average molecular weight is 404 g/mol. The summed E-state index contributed by atoms with van der Waals surface area (Å²) in [5.41, 5.74) is -0.110. The number of halogens is 3. The van der Waals surface area contributed by atoms with E-state index in [0.29, 0.717) is 36.4 Å². The van der Waals surface area contributed by atoms with E-state index in [1.807, 2.05) is 6.07 Å². The molecular weight excluding hydrogens is 385 g/mol. The molecule has 1 unspecified atom stereocenters. The van der Waals surface area contributed by atoms with E-state index in [2.05, 4.69) is 10.3 Å². The number of aromatic nitrogens is 1. The third kappa shape index (κ3) is 4.59. The van der Waals surface area contributed by atoms with Crippen LogP contribution in [0.3, 0.4) is 0 Å². The van der Waals surface area contributed by atoms with Crippen LogP contribution in [0.2, 0.25) is 0 Å². The topological polar surface area (TPSA) is 78.2 Å². The molecule has 2 heterocycles. The normalized spacial score (nSPS) is 16.8. The Labute approximate surface area is 165 Å². The number of methoxy groups -OCH3 is 1. The molecule has 6 nitrogen and oxygen atoms in total. The third-order valence-electron chi connectivity index (χ3n) is 4.77. The number of benzene rings is 1. The maximum Gasteiger partial charge on any atom is 0.419 e. The molecule has 2 aromatic rings. The fraction of sp³-hybridized carbons (Fsp3) is 0.350. The molecule has 0 saturated carbocycles. The summed E-state index contributed by atoms with van der Waals surface area (Å²) in [6.45, 7) is 0.503. The minimum Gasteiger partial charge on any atom is -0.495 e. The fourth-order valence-corrected chi connectivity index (χ4v) is 3.36. The van der Waals surface area contributed by atoms with Crippen LogP contribution in [-0.4, -0.2) is 31.1 Å². The van der Waals surface area contributed by atoms with E-state index in [0.717, 1.165) is 6.07 Å². The Balaban J connectivity index is 1.79. The molecule has 1 aliphatic rings. The summed E-state index contributed by atoms with van der Waals surface area (Å²) >= 11 is 0. The highest BCUT2D eigenvalue weighted by molar-refractivity contribution is 5.94. The van der Waals surface area contributed by atoms with Crippen molar-refractivity contribution in [2.75, 3.05) is 30.4 Å². The predicted molar refractivity (Wildman–Crippen MR) is 101 cm³/mol. The molecular formula is C20H19F3N4O2. The van der Waals surface area contributed by atoms with Gasteiger partial charge in [-0.15, -0.1) is 0 Å². The number of hydrogen-bond acceptors (Lipinski definition) is 5. The molecule has 0 radical (unpaired) electrons. The zero-order valence-electron chi connectivity index (χ0n) is 15.7. The number of alkyl halides is 3. The van der Waals surface area contributed by atoms with Crippen molar-refractivity contribution in [3.63, 3.8) is 0 Å². The maximum absolute atomic E-state index is 13.3. The highest BCUT2D eigenvalue weighted by Crippen LogP contribution is 2.36. The number of carbonyl (C=O) groups is 1. The standard InChI is InChI=1S/C20H19F3N4O2/c1-29-17-7-6-13(11-24)10-16(17)26-19(28)14-4-3-9-27(12-14)18-15(20(21,22)23)5-2-8-25-18/h2,5-8,10,14H,3-4,9,12H2,1H3,(H,26,28). The Morgan fingerprint density at radius 3 is 2.86 bits per heavy atom. The Morgan fingerprint density at radius 2 is 2.17 bits per heavy atom. The number of nitriles is 1. The number of hydrogen-bond donors (Lipinski definition) is 1. The van der Waals surface area contributed by atoms with E-state index in [9.17, 15) is 18.0 Å². The number of nitrogens with zero attached hydrogens (tertiary/aromatic N) is 3. The lowest BCUT2D eigenvalue weighted by molar-refractivity contribution is -0.137. The van der Waals surface area contributed by atoms with Gasteiger partial charge < -0.3 is 15.0 Å². The summed E-state index contributed by atoms with van der Waals surface area (Å²) in [5, 5.41) is 11.8. The van der Waals surface area contributed by atoms with Crippen LogP contribution in [0.4, 0.5) is 24.7 Å². The van der Waals surface area contributed by atoms with Crippen LogP contribution < -0.4 is 15.0 Å². The van der Waals surface area contributed by atoms with Crippen LogP contribution in [0.5, 0.6) is 5.75 Å². The molecule has 1 aliphatic heterocycles. The summed E-state index contributed by atoms with van der Waals surface area (Å²) in [6, 6.07) is 8.86. The first-order valence-corrected chi connectivity index (χ1v) is 8.99. The Morgan fingerprint density at radius 1 is 1.38 bits per heavy atom. The van der Waals surface area contributed by atoms with Crippen LogP contribution in [0, 0.1) is 17.2 Å². The van der Waals surface area contributed by atoms with Crippen LogP contribution in [0.25, 0.3) is 0 Å². The van der Waals surface area contributed by atoms with Crippen molar-refractivity contribution in [1.29, 1.82) is 5.26 Å². The number of ether oxygens (including phenoxy) is 1. The zero-order valence-corrected chi connectivity index (χ0v) is 15.7. The second-order valence-electron chi connectivity index (χ2n) is 6.67. The monoisotopic (exact) mass is 404 g/mol. The Kier molecular flexibility index (Phi) is 5.92. The first kappa shape index (κ1) is 20.5. The van der Waals surface area contributed by atoms with Crippen molar-refractivity contribution in [3.05, 3.63) is 47.7 Å². The van der Waals surface area contributed by atoms with Gasteiger partial charge in [0.15, 0.2) is 0 Å². The van der Waals surface area contributed by atoms with Gasteiger partial charge in [0.05, 0.1) is 35.9 Å². The van der Waals surface area contributed by atoms with Gasteiger partial charge in [-0.3, -0.25) is 4.79 Å². The summed E-state index contributed by atoms with van der Waals surface area (Å²) in [5.74, 6) is -0.634. The predicted octanol–water partition coefficient (Wildman–Crippen LogP) is 3.84. The van der Waals surface area contributed by atoms with E-state index in [1.54, 1.807) is 12.1 Å². The highest BCUT2D eigenvalue weighted by atomic mass is 19.4. The van der Waals surface area contributed by atoms with Gasteiger partial charge in [-0.25, -0.2) is 4.98 Å². The zero-order chi connectivity index (χ0) is 21.0. The van der Waals surface area contributed by atoms with Crippen molar-refractivity contribution in [3.8, 4) is 11.8 Å². The lowest BCUT2D eigenvalue weighted by atomic mass is 9.96. The van der Waals surface area contributed by atoms with Crippen molar-refractivity contribution in [2.45, 2.75) is 19.0 Å². The smallest absolute Gasteiger partial charge is 0.419 e. The molecule has 1 aromatic carbocycles. The third-order valence-corrected chi connectivity index (χ3v) is 4.77. The minimum absolute atomic E-state index is 0.117. The molecule has 1 atom stereocenters. The minimum atomic E-state index is -4.52. The second kappa shape index (κ2) is 8.39. The van der Waals surface area contributed by atoms with Crippen molar-refractivity contribution in [2.24, 2.45) is 5.92 Å². The summed E-state index contributed by atoms with van der Waals surface area (Å²) in [4.78, 5) is 18.2. The molecule has 152 valence electrons. The number of nitrogens with one attached hydrogen (secondary N) is 1. The van der Waals surface area contributed by atoms with Gasteiger partial charge >= 0.3 is 6.18 Å². The number of pyridine rings is 1. The quantitative estimate of drug-likeness (QED) is 0.838. The Hall–Kier alpha value is -3.28. The molecule has 1 aromatic heterocycles. The molecule has 9 heteroatoms. The van der Waals surface area contributed by atoms with Crippen molar-refractivity contribution >= 4 is 17.4 Å². The van der Waals surface area contributed by atoms with Crippen LogP contribution in [0.1, 0.15) is 24.0 Å². The molecule has 1 saturated heterocycles. The molecule has 3 rings (SSSR count). The van der Waals surface area contributed by atoms with Gasteiger partial charge in [0.1, 0.15) is 11.6 Å². The molecule has 29 heavy (non-hydrogen) atoms. The SMILES string of the molecule is COc1ccc(C#N)cc1NC(=O)C1CCCN(c2ncccc2C(F)(F)F)C1.